The zero-order chi connectivity index (χ0) is 25.6. The molecule has 0 bridgehead atoms. The summed E-state index contributed by atoms with van der Waals surface area (Å²) >= 11 is 4.52. The lowest BCUT2D eigenvalue weighted by Gasteiger charge is -2.20. The number of para-hydroxylation sites is 1. The Morgan fingerprint density at radius 3 is 2.18 bits per heavy atom. The number of benzene rings is 2. The molecule has 1 fully saturated rings. The van der Waals surface area contributed by atoms with E-state index < -0.39 is 23.6 Å². The molecule has 1 amide bonds. The van der Waals surface area contributed by atoms with Crippen molar-refractivity contribution in [2.24, 2.45) is 0 Å². The second kappa shape index (κ2) is 21.7. The monoisotopic (exact) mass is 511 g/mol. The first-order valence-electron chi connectivity index (χ1n) is 10.3. The standard InChI is InChI=1S/C7H5ClFNO.C7H6F2O.C4H10N2OS.2C2H6/c8-6-3-5(10-4-11)1-2-7(6)9;8-7(9)10-6-4-2-1-3-5-6;1-6-4-2-3-5-8(6)7;2*1-2/h1-4H,(H,10,11);1-5,7H;5H,2-4H2,1H3;2*1-2H3. The summed E-state index contributed by atoms with van der Waals surface area (Å²) in [5, 5.41) is 2.34. The summed E-state index contributed by atoms with van der Waals surface area (Å²) in [7, 11) is 1.85. The number of carbonyl (C=O) groups excluding carboxylic acids is 1. The normalized spacial score (nSPS) is 14.4. The fourth-order valence-corrected chi connectivity index (χ4v) is 2.92. The van der Waals surface area contributed by atoms with Crippen LogP contribution in [0.5, 0.6) is 5.75 Å². The van der Waals surface area contributed by atoms with Crippen molar-refractivity contribution >= 4 is 34.9 Å². The number of alkyl halides is 2. The van der Waals surface area contributed by atoms with Gasteiger partial charge in [-0.3, -0.25) is 4.79 Å². The van der Waals surface area contributed by atoms with Crippen LogP contribution in [0.25, 0.3) is 0 Å². The van der Waals surface area contributed by atoms with E-state index in [0.29, 0.717) is 12.1 Å². The van der Waals surface area contributed by atoms with Gasteiger partial charge in [0.1, 0.15) is 11.6 Å². The number of hydrogen-bond donors (Lipinski definition) is 2. The van der Waals surface area contributed by atoms with Gasteiger partial charge < -0.3 is 10.1 Å². The fraction of sp³-hybridized carbons (Fsp3) is 0.409. The van der Waals surface area contributed by atoms with Gasteiger partial charge in [-0.15, -0.1) is 0 Å². The molecule has 1 heterocycles. The van der Waals surface area contributed by atoms with Crippen LogP contribution in [0.2, 0.25) is 5.02 Å². The van der Waals surface area contributed by atoms with E-state index in [-0.39, 0.29) is 10.8 Å². The van der Waals surface area contributed by atoms with E-state index in [4.69, 9.17) is 11.6 Å². The van der Waals surface area contributed by atoms with Gasteiger partial charge in [-0.25, -0.2) is 17.6 Å². The molecule has 0 radical (unpaired) electrons. The van der Waals surface area contributed by atoms with Crippen molar-refractivity contribution < 1.29 is 26.9 Å². The van der Waals surface area contributed by atoms with E-state index in [0.717, 1.165) is 19.5 Å². The zero-order valence-corrected chi connectivity index (χ0v) is 21.1. The van der Waals surface area contributed by atoms with Crippen LogP contribution < -0.4 is 14.8 Å². The Balaban J connectivity index is 0. The molecule has 0 aliphatic carbocycles. The first kappa shape index (κ1) is 33.0. The van der Waals surface area contributed by atoms with Gasteiger partial charge in [0.25, 0.3) is 0 Å². The first-order valence-corrected chi connectivity index (χ1v) is 11.8. The molecule has 1 unspecified atom stereocenters. The first-order chi connectivity index (χ1) is 15.8. The Morgan fingerprint density at radius 1 is 1.15 bits per heavy atom. The highest BCUT2D eigenvalue weighted by Crippen LogP contribution is 2.18. The van der Waals surface area contributed by atoms with Gasteiger partial charge in [0.2, 0.25) is 6.41 Å². The molecule has 1 atom stereocenters. The largest absolute Gasteiger partial charge is 0.435 e. The molecule has 33 heavy (non-hydrogen) atoms. The lowest BCUT2D eigenvalue weighted by Crippen LogP contribution is -2.39. The minimum atomic E-state index is -2.73. The molecule has 2 aromatic carbocycles. The number of nitrogens with one attached hydrogen (secondary N) is 2. The van der Waals surface area contributed by atoms with Crippen LogP contribution >= 0.6 is 11.6 Å². The predicted molar refractivity (Wildman–Crippen MR) is 130 cm³/mol. The molecule has 6 nitrogen and oxygen atoms in total. The Labute approximate surface area is 202 Å². The molecule has 1 aliphatic rings. The molecule has 1 saturated heterocycles. The number of rotatable bonds is 4. The lowest BCUT2D eigenvalue weighted by molar-refractivity contribution is -0.105. The average Bonchev–Trinajstić information content (AvgIpc) is 2.82. The smallest absolute Gasteiger partial charge is 0.387 e. The van der Waals surface area contributed by atoms with Gasteiger partial charge in [-0.2, -0.15) is 8.78 Å². The third-order valence-electron chi connectivity index (χ3n) is 3.27. The van der Waals surface area contributed by atoms with Crippen LogP contribution in [0, 0.1) is 5.82 Å². The highest BCUT2D eigenvalue weighted by Gasteiger charge is 2.10. The van der Waals surface area contributed by atoms with Gasteiger partial charge >= 0.3 is 6.61 Å². The molecule has 1 aliphatic heterocycles. The Bertz CT molecular complexity index is 775. The van der Waals surface area contributed by atoms with Crippen molar-refractivity contribution in [3.05, 3.63) is 59.4 Å². The van der Waals surface area contributed by atoms with Crippen LogP contribution in [0.3, 0.4) is 0 Å². The maximum atomic E-state index is 12.5. The third kappa shape index (κ3) is 17.1. The van der Waals surface area contributed by atoms with E-state index in [1.165, 1.54) is 30.3 Å². The van der Waals surface area contributed by atoms with Crippen LogP contribution in [0.15, 0.2) is 48.5 Å². The second-order valence-corrected chi connectivity index (χ2v) is 7.25. The number of carbonyl (C=O) groups is 1. The number of nitrogens with zero attached hydrogens (tertiary/aromatic N) is 1. The van der Waals surface area contributed by atoms with Gasteiger partial charge in [0.05, 0.1) is 5.02 Å². The number of amides is 1. The molecular weight excluding hydrogens is 479 g/mol. The van der Waals surface area contributed by atoms with Crippen molar-refractivity contribution in [3.63, 3.8) is 0 Å². The van der Waals surface area contributed by atoms with Crippen molar-refractivity contribution in [1.82, 2.24) is 9.03 Å². The number of ether oxygens (including phenoxy) is 1. The van der Waals surface area contributed by atoms with Crippen LogP contribution in [-0.2, 0) is 16.0 Å². The summed E-state index contributed by atoms with van der Waals surface area (Å²) < 4.78 is 54.9. The minimum absolute atomic E-state index is 0.00292. The molecule has 0 aromatic heterocycles. The van der Waals surface area contributed by atoms with Gasteiger partial charge in [-0.05, 0) is 36.8 Å². The predicted octanol–water partition coefficient (Wildman–Crippen LogP) is 5.88. The molecule has 188 valence electrons. The SMILES string of the molecule is CC.CC.CN1CCCNS1=O.FC(F)Oc1ccccc1.O=CNc1ccc(F)c(Cl)c1. The summed E-state index contributed by atoms with van der Waals surface area (Å²) in [6, 6.07) is 11.9. The molecule has 2 aromatic rings. The fourth-order valence-electron chi connectivity index (χ4n) is 1.91. The maximum Gasteiger partial charge on any atom is 0.387 e. The van der Waals surface area contributed by atoms with Crippen LogP contribution in [0.1, 0.15) is 34.1 Å². The van der Waals surface area contributed by atoms with E-state index in [9.17, 15) is 22.2 Å². The molecule has 3 rings (SSSR count). The quantitative estimate of drug-likeness (QED) is 0.504. The number of anilines is 1. The van der Waals surface area contributed by atoms with Crippen LogP contribution in [-0.4, -0.2) is 41.7 Å². The van der Waals surface area contributed by atoms with E-state index >= 15 is 0 Å². The Morgan fingerprint density at radius 2 is 1.76 bits per heavy atom. The Kier molecular flexibility index (Phi) is 21.7. The summed E-state index contributed by atoms with van der Waals surface area (Å²) in [4.78, 5) is 9.92. The summed E-state index contributed by atoms with van der Waals surface area (Å²) in [6.45, 7) is 7.10. The highest BCUT2D eigenvalue weighted by atomic mass is 35.5. The van der Waals surface area contributed by atoms with E-state index in [2.05, 4.69) is 14.8 Å². The number of halogens is 4. The average molecular weight is 512 g/mol. The van der Waals surface area contributed by atoms with Gasteiger partial charge in [-0.1, -0.05) is 57.5 Å². The minimum Gasteiger partial charge on any atom is -0.435 e. The van der Waals surface area contributed by atoms with Gasteiger partial charge in [0.15, 0.2) is 11.2 Å². The van der Waals surface area contributed by atoms with E-state index in [1.54, 1.807) is 22.5 Å². The van der Waals surface area contributed by atoms with Crippen molar-refractivity contribution in [1.29, 1.82) is 0 Å². The molecule has 2 N–H and O–H groups in total. The van der Waals surface area contributed by atoms with Crippen molar-refractivity contribution in [2.45, 2.75) is 40.7 Å². The zero-order valence-electron chi connectivity index (χ0n) is 19.5. The molecule has 0 spiro atoms. The Hall–Kier alpha value is -2.14. The van der Waals surface area contributed by atoms with Crippen molar-refractivity contribution in [3.8, 4) is 5.75 Å². The highest BCUT2D eigenvalue weighted by molar-refractivity contribution is 7.80. The van der Waals surface area contributed by atoms with E-state index in [1.807, 2.05) is 34.7 Å². The molecular formula is C22H33ClF3N3O3S. The van der Waals surface area contributed by atoms with Crippen LogP contribution in [0.4, 0.5) is 18.9 Å². The summed E-state index contributed by atoms with van der Waals surface area (Å²) in [6.07, 6.45) is 1.60. The molecule has 0 saturated carbocycles. The lowest BCUT2D eigenvalue weighted by atomic mass is 10.3. The summed E-state index contributed by atoms with van der Waals surface area (Å²) in [5.74, 6) is -0.305. The third-order valence-corrected chi connectivity index (χ3v) is 4.76. The maximum absolute atomic E-state index is 12.5. The summed E-state index contributed by atoms with van der Waals surface area (Å²) in [5.41, 5.74) is 0.478. The topological polar surface area (TPSA) is 70.7 Å². The van der Waals surface area contributed by atoms with Gasteiger partial charge in [0, 0.05) is 25.8 Å². The number of hydrogen-bond acceptors (Lipinski definition) is 3. The van der Waals surface area contributed by atoms with Crippen molar-refractivity contribution in [2.75, 3.05) is 25.5 Å². The molecule has 11 heteroatoms. The second-order valence-electron chi connectivity index (χ2n) is 5.43.